The smallest absolute Gasteiger partial charge is 0.0476 e. The molecule has 0 amide bonds. The molecule has 260 valence electrons. The standard InChI is InChI=1S/C40H80O2.H3N/c1-5-7-9-11-13-15-17-19-20-21-22-23-25-27-29-31-33-35-37-40(4,39(41)42)38(3)36-34-32-30-28-26-24-18-16-14-12-10-8-6-2;/h38H,5-37H2,1-4H3,(H,41,42);1H3. The van der Waals surface area contributed by atoms with Crippen LogP contribution in [0.3, 0.4) is 0 Å². The lowest BCUT2D eigenvalue weighted by atomic mass is 9.72. The lowest BCUT2D eigenvalue weighted by Gasteiger charge is -2.37. The first-order chi connectivity index (χ1) is 20.5. The van der Waals surface area contributed by atoms with Gasteiger partial charge in [0, 0.05) is 11.4 Å². The Morgan fingerprint density at radius 3 is 0.953 bits per heavy atom. The maximum Gasteiger partial charge on any atom is 0.0476 e. The molecule has 43 heavy (non-hydrogen) atoms. The quantitative estimate of drug-likeness (QED) is 0.0725. The van der Waals surface area contributed by atoms with Crippen molar-refractivity contribution in [1.82, 2.24) is 6.15 Å². The van der Waals surface area contributed by atoms with Gasteiger partial charge in [-0.2, -0.15) is 0 Å². The summed E-state index contributed by atoms with van der Waals surface area (Å²) >= 11 is 0. The van der Waals surface area contributed by atoms with Crippen LogP contribution in [0.2, 0.25) is 0 Å². The molecule has 4 N–H and O–H groups in total. The van der Waals surface area contributed by atoms with Crippen LogP contribution in [-0.2, 0) is 4.79 Å². The molecular formula is C40H83NO2. The fourth-order valence-electron chi connectivity index (χ4n) is 6.73. The molecule has 3 nitrogen and oxygen atoms in total. The predicted octanol–water partition coefficient (Wildman–Crippen LogP) is 13.7. The van der Waals surface area contributed by atoms with Gasteiger partial charge in [-0.25, -0.2) is 0 Å². The van der Waals surface area contributed by atoms with Crippen molar-refractivity contribution < 1.29 is 9.90 Å². The van der Waals surface area contributed by atoms with Crippen LogP contribution in [-0.4, -0.2) is 5.97 Å². The Morgan fingerprint density at radius 2 is 0.698 bits per heavy atom. The van der Waals surface area contributed by atoms with Crippen LogP contribution in [0.1, 0.15) is 240 Å². The summed E-state index contributed by atoms with van der Waals surface area (Å²) in [6, 6.07) is 0. The summed E-state index contributed by atoms with van der Waals surface area (Å²) < 4.78 is 0. The van der Waals surface area contributed by atoms with Crippen molar-refractivity contribution in [3.8, 4) is 0 Å². The van der Waals surface area contributed by atoms with E-state index in [2.05, 4.69) is 20.8 Å². The number of carbonyl (C=O) groups is 1. The monoisotopic (exact) mass is 610 g/mol. The number of hydrogen-bond donors (Lipinski definition) is 1. The molecule has 0 saturated carbocycles. The molecule has 0 radical (unpaired) electrons. The molecule has 0 heterocycles. The Hall–Kier alpha value is -0.570. The highest BCUT2D eigenvalue weighted by atomic mass is 16.4. The number of hydrogen-bond acceptors (Lipinski definition) is 2. The maximum absolute atomic E-state index is 12.1. The van der Waals surface area contributed by atoms with E-state index in [4.69, 9.17) is 0 Å². The van der Waals surface area contributed by atoms with Crippen LogP contribution in [0.25, 0.3) is 0 Å². The van der Waals surface area contributed by atoms with Crippen molar-refractivity contribution in [2.45, 2.75) is 240 Å². The number of rotatable bonds is 35. The van der Waals surface area contributed by atoms with Gasteiger partial charge in [-0.15, -0.1) is 0 Å². The highest BCUT2D eigenvalue weighted by Crippen LogP contribution is 2.36. The van der Waals surface area contributed by atoms with Crippen molar-refractivity contribution in [2.24, 2.45) is 11.3 Å². The van der Waals surface area contributed by atoms with Crippen molar-refractivity contribution in [3.05, 3.63) is 0 Å². The molecule has 0 aliphatic carbocycles. The second-order valence-electron chi connectivity index (χ2n) is 14.4. The molecule has 0 aliphatic heterocycles. The van der Waals surface area contributed by atoms with Crippen LogP contribution in [0.15, 0.2) is 0 Å². The van der Waals surface area contributed by atoms with Crippen molar-refractivity contribution in [1.29, 1.82) is 0 Å². The average Bonchev–Trinajstić information content (AvgIpc) is 2.98. The van der Waals surface area contributed by atoms with Crippen LogP contribution in [0, 0.1) is 11.3 Å². The van der Waals surface area contributed by atoms with Crippen molar-refractivity contribution >= 4 is 5.97 Å². The number of quaternary nitrogens is 1. The van der Waals surface area contributed by atoms with Crippen molar-refractivity contribution in [2.75, 3.05) is 0 Å². The Kier molecular flexibility index (Phi) is 35.5. The minimum Gasteiger partial charge on any atom is -0.550 e. The van der Waals surface area contributed by atoms with E-state index in [1.54, 1.807) is 0 Å². The fourth-order valence-corrected chi connectivity index (χ4v) is 6.73. The molecule has 0 fully saturated rings. The summed E-state index contributed by atoms with van der Waals surface area (Å²) in [6.45, 7) is 8.69. The third kappa shape index (κ3) is 28.6. The van der Waals surface area contributed by atoms with E-state index < -0.39 is 11.4 Å². The van der Waals surface area contributed by atoms with Gasteiger partial charge in [0.2, 0.25) is 0 Å². The number of unbranched alkanes of at least 4 members (excludes halogenated alkanes) is 29. The lowest BCUT2D eigenvalue weighted by molar-refractivity contribution is -0.321. The molecule has 0 rings (SSSR count). The summed E-state index contributed by atoms with van der Waals surface area (Å²) in [5.74, 6) is -0.613. The van der Waals surface area contributed by atoms with Gasteiger partial charge in [0.05, 0.1) is 0 Å². The van der Waals surface area contributed by atoms with Crippen molar-refractivity contribution in [3.63, 3.8) is 0 Å². The third-order valence-corrected chi connectivity index (χ3v) is 10.3. The zero-order valence-electron chi connectivity index (χ0n) is 30.7. The van der Waals surface area contributed by atoms with E-state index in [0.29, 0.717) is 0 Å². The minimum atomic E-state index is -0.823. The van der Waals surface area contributed by atoms with Gasteiger partial charge in [-0.3, -0.25) is 0 Å². The highest BCUT2D eigenvalue weighted by molar-refractivity contribution is 5.72. The average molecular weight is 610 g/mol. The van der Waals surface area contributed by atoms with E-state index >= 15 is 0 Å². The van der Waals surface area contributed by atoms with Crippen LogP contribution >= 0.6 is 0 Å². The van der Waals surface area contributed by atoms with Gasteiger partial charge < -0.3 is 16.1 Å². The number of carboxylic acid groups (broad SMARTS) is 1. The van der Waals surface area contributed by atoms with E-state index in [1.165, 1.54) is 193 Å². The molecule has 0 bridgehead atoms. The van der Waals surface area contributed by atoms with E-state index in [1.807, 2.05) is 6.92 Å². The van der Waals surface area contributed by atoms with E-state index in [9.17, 15) is 9.90 Å². The second kappa shape index (κ2) is 34.3. The highest BCUT2D eigenvalue weighted by Gasteiger charge is 2.31. The zero-order chi connectivity index (χ0) is 31.0. The first kappa shape index (κ1) is 44.6. The second-order valence-corrected chi connectivity index (χ2v) is 14.4. The molecular weight excluding hydrogens is 526 g/mol. The molecule has 3 heteroatoms. The Balaban J connectivity index is 0. The fraction of sp³-hybridized carbons (Fsp3) is 0.975. The SMILES string of the molecule is CCCCCCCCCCCCCCCCCCCCC(C)(C(=O)[O-])C(C)CCCCCCCCCCCCCCC.[NH4+]. The molecule has 0 saturated heterocycles. The molecule has 0 aromatic rings. The Morgan fingerprint density at radius 1 is 0.465 bits per heavy atom. The van der Waals surface area contributed by atoms with Crippen LogP contribution in [0.5, 0.6) is 0 Å². The molecule has 2 atom stereocenters. The zero-order valence-corrected chi connectivity index (χ0v) is 30.7. The maximum atomic E-state index is 12.1. The predicted molar refractivity (Wildman–Crippen MR) is 192 cm³/mol. The molecule has 0 spiro atoms. The summed E-state index contributed by atoms with van der Waals surface area (Å²) in [7, 11) is 0. The summed E-state index contributed by atoms with van der Waals surface area (Å²) in [5.41, 5.74) is -0.661. The van der Waals surface area contributed by atoms with E-state index in [-0.39, 0.29) is 12.1 Å². The van der Waals surface area contributed by atoms with Gasteiger partial charge >= 0.3 is 0 Å². The van der Waals surface area contributed by atoms with Crippen LogP contribution < -0.4 is 11.3 Å². The third-order valence-electron chi connectivity index (χ3n) is 10.3. The number of carbonyl (C=O) groups excluding carboxylic acids is 1. The Bertz CT molecular complexity index is 551. The van der Waals surface area contributed by atoms with Gasteiger partial charge in [0.25, 0.3) is 0 Å². The minimum absolute atomic E-state index is 0. The molecule has 0 aromatic carbocycles. The van der Waals surface area contributed by atoms with Gasteiger partial charge in [-0.05, 0) is 18.8 Å². The van der Waals surface area contributed by atoms with Crippen LogP contribution in [0.4, 0.5) is 0 Å². The number of carboxylic acids is 1. The number of aliphatic carboxylic acids is 1. The Labute approximate surface area is 272 Å². The lowest BCUT2D eigenvalue weighted by Crippen LogP contribution is -2.44. The van der Waals surface area contributed by atoms with Gasteiger partial charge in [0.15, 0.2) is 0 Å². The summed E-state index contributed by atoms with van der Waals surface area (Å²) in [5, 5.41) is 12.1. The largest absolute Gasteiger partial charge is 0.550 e. The normalized spacial score (nSPS) is 13.5. The van der Waals surface area contributed by atoms with Gasteiger partial charge in [0.1, 0.15) is 0 Å². The first-order valence-electron chi connectivity index (χ1n) is 19.7. The van der Waals surface area contributed by atoms with Gasteiger partial charge in [-0.1, -0.05) is 227 Å². The topological polar surface area (TPSA) is 76.6 Å². The molecule has 2 unspecified atom stereocenters. The summed E-state index contributed by atoms with van der Waals surface area (Å²) in [6.07, 6.45) is 44.1. The molecule has 0 aliphatic rings. The summed E-state index contributed by atoms with van der Waals surface area (Å²) in [4.78, 5) is 12.1. The first-order valence-corrected chi connectivity index (χ1v) is 19.7. The van der Waals surface area contributed by atoms with E-state index in [0.717, 1.165) is 19.3 Å². The molecule has 0 aromatic heterocycles.